The summed E-state index contributed by atoms with van der Waals surface area (Å²) in [6.07, 6.45) is 8.08. The number of carbonyl (C=O) groups excluding carboxylic acids is 5. The van der Waals surface area contributed by atoms with E-state index < -0.39 is 23.6 Å². The van der Waals surface area contributed by atoms with Crippen LogP contribution in [0.1, 0.15) is 101 Å². The standard InChI is InChI=1S/C45H58N6O9S/c1-5-31-32-22-30(59-44(57)50-20-15-29(16-21-50)49-18-10-7-11-19-49)13-14-37(32)48-41-33(31)24-51-38(41)23-35-34(42(51)55)25-58-43(56)45(35,6-2)60-40(54)27-61-26-39(53)47-36(28(3)52)12-8-9-17-46-4/h13-14,22-23,29,36,46H,5-12,15-21,24-27H2,1-4H3,(H,47,53)/t36?,45-/m0/s1. The average molecular weight is 859 g/mol. The Morgan fingerprint density at radius 1 is 1.00 bits per heavy atom. The van der Waals surface area contributed by atoms with E-state index in [0.717, 1.165) is 73.6 Å². The number of hydrogen-bond acceptors (Lipinski definition) is 13. The van der Waals surface area contributed by atoms with Gasteiger partial charge in [-0.3, -0.25) is 19.2 Å². The van der Waals surface area contributed by atoms with Gasteiger partial charge in [-0.05, 0) is 121 Å². The molecule has 16 heteroatoms. The van der Waals surface area contributed by atoms with Crippen molar-refractivity contribution in [1.82, 2.24) is 30.0 Å². The van der Waals surface area contributed by atoms with Gasteiger partial charge in [0.1, 0.15) is 12.4 Å². The molecule has 0 saturated carbocycles. The van der Waals surface area contributed by atoms with Crippen molar-refractivity contribution in [2.24, 2.45) is 0 Å². The number of Topliss-reactive ketones (excluding diaryl/α,β-unsaturated/α-hetero) is 1. The average Bonchev–Trinajstić information content (AvgIpc) is 3.63. The smallest absolute Gasteiger partial charge is 0.415 e. The van der Waals surface area contributed by atoms with Crippen LogP contribution in [0.3, 0.4) is 0 Å². The van der Waals surface area contributed by atoms with E-state index in [1.807, 2.05) is 26.1 Å². The van der Waals surface area contributed by atoms with Crippen LogP contribution in [-0.4, -0.2) is 112 Å². The van der Waals surface area contributed by atoms with Crippen molar-refractivity contribution in [3.63, 3.8) is 0 Å². The van der Waals surface area contributed by atoms with Gasteiger partial charge >= 0.3 is 18.0 Å². The number of amides is 2. The quantitative estimate of drug-likeness (QED) is 0.116. The van der Waals surface area contributed by atoms with E-state index in [-0.39, 0.29) is 65.5 Å². The van der Waals surface area contributed by atoms with Crippen molar-refractivity contribution in [2.45, 2.75) is 116 Å². The Balaban J connectivity index is 1.06. The number of rotatable bonds is 16. The minimum atomic E-state index is -1.88. The Kier molecular flexibility index (Phi) is 14.1. The molecule has 15 nitrogen and oxygen atoms in total. The molecule has 7 rings (SSSR count). The van der Waals surface area contributed by atoms with Crippen LogP contribution in [0.5, 0.6) is 5.75 Å². The van der Waals surface area contributed by atoms with E-state index in [1.54, 1.807) is 28.5 Å². The molecular formula is C45H58N6O9S. The van der Waals surface area contributed by atoms with Crippen LogP contribution in [0.15, 0.2) is 29.1 Å². The monoisotopic (exact) mass is 858 g/mol. The number of esters is 2. The van der Waals surface area contributed by atoms with Gasteiger partial charge in [-0.2, -0.15) is 0 Å². The Morgan fingerprint density at radius 2 is 1.77 bits per heavy atom. The van der Waals surface area contributed by atoms with E-state index >= 15 is 0 Å². The highest BCUT2D eigenvalue weighted by Gasteiger charge is 2.50. The maximum Gasteiger partial charge on any atom is 0.415 e. The number of ether oxygens (including phenoxy) is 3. The lowest BCUT2D eigenvalue weighted by atomic mass is 9.85. The molecule has 2 amide bonds. The number of thioether (sulfide) groups is 1. The molecule has 6 heterocycles. The van der Waals surface area contributed by atoms with Gasteiger partial charge in [0.2, 0.25) is 11.5 Å². The number of fused-ring (bicyclic) bond motifs is 5. The molecule has 328 valence electrons. The molecule has 0 radical (unpaired) electrons. The van der Waals surface area contributed by atoms with E-state index in [1.165, 1.54) is 26.2 Å². The van der Waals surface area contributed by atoms with E-state index in [9.17, 15) is 28.8 Å². The van der Waals surface area contributed by atoms with Gasteiger partial charge in [0.05, 0.1) is 46.6 Å². The molecule has 2 atom stereocenters. The van der Waals surface area contributed by atoms with Crippen molar-refractivity contribution in [1.29, 1.82) is 0 Å². The summed E-state index contributed by atoms with van der Waals surface area (Å²) in [5.74, 6) is -1.97. The van der Waals surface area contributed by atoms with Crippen molar-refractivity contribution >= 4 is 52.4 Å². The van der Waals surface area contributed by atoms with Crippen LogP contribution < -0.4 is 20.9 Å². The first-order valence-corrected chi connectivity index (χ1v) is 23.0. The number of piperidine rings is 2. The predicted molar refractivity (Wildman–Crippen MR) is 232 cm³/mol. The van der Waals surface area contributed by atoms with Gasteiger partial charge < -0.3 is 39.2 Å². The van der Waals surface area contributed by atoms with E-state index in [0.29, 0.717) is 54.6 Å². The maximum atomic E-state index is 14.2. The first-order chi connectivity index (χ1) is 29.5. The summed E-state index contributed by atoms with van der Waals surface area (Å²) in [7, 11) is 1.86. The zero-order valence-electron chi connectivity index (χ0n) is 35.8. The second kappa shape index (κ2) is 19.5. The summed E-state index contributed by atoms with van der Waals surface area (Å²) < 4.78 is 19.0. The third-order valence-electron chi connectivity index (χ3n) is 12.7. The molecule has 2 N–H and O–H groups in total. The number of likely N-dealkylation sites (tertiary alicyclic amines) is 2. The first kappa shape index (κ1) is 44.3. The number of ketones is 1. The van der Waals surface area contributed by atoms with Crippen molar-refractivity contribution < 1.29 is 38.2 Å². The fourth-order valence-corrected chi connectivity index (χ4v) is 9.94. The van der Waals surface area contributed by atoms with Gasteiger partial charge in [0.15, 0.2) is 5.78 Å². The number of unbranched alkanes of at least 4 members (excludes halogenated alkanes) is 1. The Bertz CT molecular complexity index is 2230. The number of carbonyl (C=O) groups is 5. The number of benzene rings is 1. The zero-order valence-corrected chi connectivity index (χ0v) is 36.6. The highest BCUT2D eigenvalue weighted by Crippen LogP contribution is 2.42. The van der Waals surface area contributed by atoms with Crippen molar-refractivity contribution in [3.8, 4) is 17.1 Å². The number of cyclic esters (lactones) is 1. The Hall–Kier alpha value is -4.80. The molecule has 1 aromatic carbocycles. The highest BCUT2D eigenvalue weighted by molar-refractivity contribution is 8.00. The number of nitrogens with zero attached hydrogens (tertiary/aromatic N) is 4. The van der Waals surface area contributed by atoms with E-state index in [4.69, 9.17) is 19.2 Å². The van der Waals surface area contributed by atoms with Gasteiger partial charge in [0.25, 0.3) is 5.56 Å². The lowest BCUT2D eigenvalue weighted by Crippen LogP contribution is -2.48. The molecule has 61 heavy (non-hydrogen) atoms. The molecule has 4 aliphatic heterocycles. The third-order valence-corrected chi connectivity index (χ3v) is 13.6. The first-order valence-electron chi connectivity index (χ1n) is 21.8. The highest BCUT2D eigenvalue weighted by atomic mass is 32.2. The molecule has 2 fully saturated rings. The molecule has 1 unspecified atom stereocenters. The normalized spacial score (nSPS) is 19.4. The van der Waals surface area contributed by atoms with Crippen LogP contribution in [0.4, 0.5) is 4.79 Å². The summed E-state index contributed by atoms with van der Waals surface area (Å²) in [4.78, 5) is 88.8. The predicted octanol–water partition coefficient (Wildman–Crippen LogP) is 4.84. The molecule has 2 aromatic heterocycles. The zero-order chi connectivity index (χ0) is 43.3. The molecule has 2 saturated heterocycles. The van der Waals surface area contributed by atoms with Crippen LogP contribution in [0, 0.1) is 0 Å². The molecule has 0 bridgehead atoms. The van der Waals surface area contributed by atoms with Crippen molar-refractivity contribution in [3.05, 3.63) is 56.9 Å². The van der Waals surface area contributed by atoms with Gasteiger partial charge in [-0.1, -0.05) is 20.3 Å². The minimum absolute atomic E-state index is 0.00261. The van der Waals surface area contributed by atoms with Crippen LogP contribution in [0.25, 0.3) is 22.3 Å². The van der Waals surface area contributed by atoms with Gasteiger partial charge in [-0.25, -0.2) is 14.6 Å². The molecular weight excluding hydrogens is 801 g/mol. The second-order valence-corrected chi connectivity index (χ2v) is 17.5. The lowest BCUT2D eigenvalue weighted by Gasteiger charge is -2.39. The second-order valence-electron chi connectivity index (χ2n) is 16.5. The van der Waals surface area contributed by atoms with Crippen molar-refractivity contribution in [2.75, 3.05) is 51.3 Å². The molecule has 3 aromatic rings. The van der Waals surface area contributed by atoms with Crippen LogP contribution in [-0.2, 0) is 53.8 Å². The number of hydrogen-bond donors (Lipinski definition) is 2. The maximum absolute atomic E-state index is 14.2. The number of nitrogens with one attached hydrogen (secondary N) is 2. The van der Waals surface area contributed by atoms with Crippen LogP contribution in [0.2, 0.25) is 0 Å². The summed E-state index contributed by atoms with van der Waals surface area (Å²) in [6, 6.07) is 7.04. The van der Waals surface area contributed by atoms with Crippen LogP contribution >= 0.6 is 11.8 Å². The van der Waals surface area contributed by atoms with Gasteiger partial charge in [0, 0.05) is 35.6 Å². The Morgan fingerprint density at radius 3 is 2.48 bits per heavy atom. The van der Waals surface area contributed by atoms with Gasteiger partial charge in [-0.15, -0.1) is 11.8 Å². The topological polar surface area (TPSA) is 178 Å². The number of pyridine rings is 2. The lowest BCUT2D eigenvalue weighted by molar-refractivity contribution is -0.187. The van der Waals surface area contributed by atoms with E-state index in [2.05, 4.69) is 15.5 Å². The fourth-order valence-electron chi connectivity index (χ4n) is 9.34. The number of aromatic nitrogens is 2. The largest absolute Gasteiger partial charge is 0.457 e. The fraction of sp³-hybridized carbons (Fsp3) is 0.578. The molecule has 4 aliphatic rings. The summed E-state index contributed by atoms with van der Waals surface area (Å²) >= 11 is 1.00. The summed E-state index contributed by atoms with van der Waals surface area (Å²) in [6.45, 7) is 9.54. The number of aryl methyl sites for hydroxylation is 1. The minimum Gasteiger partial charge on any atom is -0.457 e. The third kappa shape index (κ3) is 9.36. The SMILES string of the molecule is CCc1c2c(nc3ccc(OC(=O)N4CCC(N5CCCCC5)CC4)cc13)-c1cc3c(c(=O)n1C2)COC(=O)[C@@]3(CC)OC(=O)CSCC(=O)NC(CCCCNC)C(C)=O. The molecule has 0 spiro atoms. The summed E-state index contributed by atoms with van der Waals surface area (Å²) in [5.41, 5.74) is 1.80. The Labute approximate surface area is 360 Å². The molecule has 0 aliphatic carbocycles. The summed E-state index contributed by atoms with van der Waals surface area (Å²) in [5, 5.41) is 6.64.